The fraction of sp³-hybridized carbons (Fsp3) is 0.316. The summed E-state index contributed by atoms with van der Waals surface area (Å²) < 4.78 is 32.1. The molecule has 6 nitrogen and oxygen atoms in total. The first kappa shape index (κ1) is 19.8. The smallest absolute Gasteiger partial charge is 0.253 e. The second-order valence-electron chi connectivity index (χ2n) is 6.26. The van der Waals surface area contributed by atoms with Gasteiger partial charge in [0.15, 0.2) is 0 Å². The number of rotatable bonds is 5. The Morgan fingerprint density at radius 2 is 1.78 bits per heavy atom. The average Bonchev–Trinajstić information content (AvgIpc) is 2.68. The fourth-order valence-corrected chi connectivity index (χ4v) is 4.98. The van der Waals surface area contributed by atoms with E-state index in [1.807, 2.05) is 12.1 Å². The SMILES string of the molecule is COCc1cccc(C(=O)N2CCN(S(=O)(=O)c3ccccc3Cl)CC2)c1. The molecule has 0 bridgehead atoms. The van der Waals surface area contributed by atoms with E-state index in [1.54, 1.807) is 42.3 Å². The molecule has 1 saturated heterocycles. The van der Waals surface area contributed by atoms with Crippen LogP contribution in [0.5, 0.6) is 0 Å². The minimum atomic E-state index is -3.67. The summed E-state index contributed by atoms with van der Waals surface area (Å²) in [6.07, 6.45) is 0. The van der Waals surface area contributed by atoms with Crippen LogP contribution < -0.4 is 0 Å². The number of benzene rings is 2. The number of halogens is 1. The van der Waals surface area contributed by atoms with Crippen molar-refractivity contribution >= 4 is 27.5 Å². The molecule has 144 valence electrons. The van der Waals surface area contributed by atoms with Crippen molar-refractivity contribution in [3.8, 4) is 0 Å². The third-order valence-electron chi connectivity index (χ3n) is 4.47. The first-order chi connectivity index (χ1) is 12.9. The molecular formula is C19H21ClN2O4S. The van der Waals surface area contributed by atoms with Gasteiger partial charge in [0.1, 0.15) is 4.90 Å². The summed E-state index contributed by atoms with van der Waals surface area (Å²) in [5.41, 5.74) is 1.50. The number of sulfonamides is 1. The molecule has 8 heteroatoms. The molecule has 0 spiro atoms. The van der Waals surface area contributed by atoms with Crippen molar-refractivity contribution in [2.45, 2.75) is 11.5 Å². The monoisotopic (exact) mass is 408 g/mol. The molecule has 0 radical (unpaired) electrons. The van der Waals surface area contributed by atoms with Gasteiger partial charge in [0.2, 0.25) is 10.0 Å². The van der Waals surface area contributed by atoms with Crippen LogP contribution in [-0.2, 0) is 21.4 Å². The molecular weight excluding hydrogens is 388 g/mol. The quantitative estimate of drug-likeness (QED) is 0.762. The summed E-state index contributed by atoms with van der Waals surface area (Å²) in [6, 6.07) is 13.7. The molecule has 1 aliphatic heterocycles. The summed E-state index contributed by atoms with van der Waals surface area (Å²) in [4.78, 5) is 14.5. The fourth-order valence-electron chi connectivity index (χ4n) is 3.07. The summed E-state index contributed by atoms with van der Waals surface area (Å²) in [6.45, 7) is 1.56. The number of amides is 1. The predicted molar refractivity (Wildman–Crippen MR) is 103 cm³/mol. The van der Waals surface area contributed by atoms with Gasteiger partial charge in [-0.05, 0) is 29.8 Å². The zero-order valence-corrected chi connectivity index (χ0v) is 16.5. The van der Waals surface area contributed by atoms with Crippen molar-refractivity contribution < 1.29 is 17.9 Å². The predicted octanol–water partition coefficient (Wildman–Crippen LogP) is 2.63. The number of methoxy groups -OCH3 is 1. The average molecular weight is 409 g/mol. The van der Waals surface area contributed by atoms with Gasteiger partial charge in [-0.3, -0.25) is 4.79 Å². The lowest BCUT2D eigenvalue weighted by molar-refractivity contribution is 0.0697. The highest BCUT2D eigenvalue weighted by molar-refractivity contribution is 7.89. The topological polar surface area (TPSA) is 66.9 Å². The van der Waals surface area contributed by atoms with Gasteiger partial charge in [0.05, 0.1) is 11.6 Å². The van der Waals surface area contributed by atoms with Crippen molar-refractivity contribution in [1.82, 2.24) is 9.21 Å². The van der Waals surface area contributed by atoms with Gasteiger partial charge < -0.3 is 9.64 Å². The molecule has 2 aromatic rings. The van der Waals surface area contributed by atoms with Crippen LogP contribution in [0.4, 0.5) is 0 Å². The molecule has 0 atom stereocenters. The van der Waals surface area contributed by atoms with Crippen LogP contribution in [0.15, 0.2) is 53.4 Å². The summed E-state index contributed by atoms with van der Waals surface area (Å²) in [5.74, 6) is -0.109. The van der Waals surface area contributed by atoms with E-state index in [-0.39, 0.29) is 28.9 Å². The lowest BCUT2D eigenvalue weighted by atomic mass is 10.1. The molecule has 27 heavy (non-hydrogen) atoms. The molecule has 0 aliphatic carbocycles. The highest BCUT2D eigenvalue weighted by atomic mass is 35.5. The molecule has 0 aromatic heterocycles. The van der Waals surface area contributed by atoms with E-state index in [1.165, 1.54) is 10.4 Å². The van der Waals surface area contributed by atoms with Gasteiger partial charge in [-0.1, -0.05) is 35.9 Å². The second-order valence-corrected chi connectivity index (χ2v) is 8.57. The Balaban J connectivity index is 1.69. The molecule has 3 rings (SSSR count). The second kappa shape index (κ2) is 8.39. The van der Waals surface area contributed by atoms with Crippen molar-refractivity contribution in [1.29, 1.82) is 0 Å². The Labute approximate surface area is 164 Å². The molecule has 1 fully saturated rings. The van der Waals surface area contributed by atoms with Gasteiger partial charge in [-0.25, -0.2) is 8.42 Å². The first-order valence-corrected chi connectivity index (χ1v) is 10.4. The number of carbonyl (C=O) groups is 1. The van der Waals surface area contributed by atoms with E-state index in [9.17, 15) is 13.2 Å². The zero-order chi connectivity index (χ0) is 19.4. The van der Waals surface area contributed by atoms with E-state index in [2.05, 4.69) is 0 Å². The van der Waals surface area contributed by atoms with Crippen LogP contribution in [0.3, 0.4) is 0 Å². The third-order valence-corrected chi connectivity index (χ3v) is 6.86. The lowest BCUT2D eigenvalue weighted by Crippen LogP contribution is -2.50. The molecule has 0 N–H and O–H groups in total. The van der Waals surface area contributed by atoms with E-state index in [4.69, 9.17) is 16.3 Å². The molecule has 1 amide bonds. The molecule has 1 aliphatic rings. The Morgan fingerprint density at radius 1 is 1.07 bits per heavy atom. The van der Waals surface area contributed by atoms with Crippen molar-refractivity contribution in [2.75, 3.05) is 33.3 Å². The van der Waals surface area contributed by atoms with Crippen LogP contribution in [0.25, 0.3) is 0 Å². The van der Waals surface area contributed by atoms with Gasteiger partial charge in [0, 0.05) is 38.9 Å². The highest BCUT2D eigenvalue weighted by Gasteiger charge is 2.31. The van der Waals surface area contributed by atoms with Gasteiger partial charge in [0.25, 0.3) is 5.91 Å². The standard InChI is InChI=1S/C19H21ClN2O4S/c1-26-14-15-5-4-6-16(13-15)19(23)21-9-11-22(12-10-21)27(24,25)18-8-3-2-7-17(18)20/h2-8,13H,9-12,14H2,1H3. The number of carbonyl (C=O) groups excluding carboxylic acids is 1. The van der Waals surface area contributed by atoms with E-state index < -0.39 is 10.0 Å². The van der Waals surface area contributed by atoms with Crippen LogP contribution in [-0.4, -0.2) is 56.8 Å². The Morgan fingerprint density at radius 3 is 2.44 bits per heavy atom. The molecule has 2 aromatic carbocycles. The summed E-state index contributed by atoms with van der Waals surface area (Å²) >= 11 is 6.05. The van der Waals surface area contributed by atoms with Crippen LogP contribution >= 0.6 is 11.6 Å². The van der Waals surface area contributed by atoms with E-state index in [0.29, 0.717) is 25.3 Å². The normalized spacial score (nSPS) is 15.7. The van der Waals surface area contributed by atoms with Gasteiger partial charge >= 0.3 is 0 Å². The van der Waals surface area contributed by atoms with Gasteiger partial charge in [-0.15, -0.1) is 0 Å². The molecule has 0 saturated carbocycles. The maximum atomic E-state index is 12.8. The number of piperazine rings is 1. The van der Waals surface area contributed by atoms with Crippen LogP contribution in [0.2, 0.25) is 5.02 Å². The maximum Gasteiger partial charge on any atom is 0.253 e. The molecule has 0 unspecified atom stereocenters. The minimum absolute atomic E-state index is 0.0960. The van der Waals surface area contributed by atoms with Crippen molar-refractivity contribution in [3.05, 3.63) is 64.7 Å². The summed E-state index contributed by atoms with van der Waals surface area (Å²) in [7, 11) is -2.07. The minimum Gasteiger partial charge on any atom is -0.380 e. The van der Waals surface area contributed by atoms with Crippen LogP contribution in [0, 0.1) is 0 Å². The molecule has 1 heterocycles. The Bertz CT molecular complexity index is 925. The van der Waals surface area contributed by atoms with E-state index >= 15 is 0 Å². The highest BCUT2D eigenvalue weighted by Crippen LogP contribution is 2.25. The first-order valence-electron chi connectivity index (χ1n) is 8.55. The number of hydrogen-bond donors (Lipinski definition) is 0. The number of nitrogens with zero attached hydrogens (tertiary/aromatic N) is 2. The van der Waals surface area contributed by atoms with E-state index in [0.717, 1.165) is 5.56 Å². The van der Waals surface area contributed by atoms with Crippen LogP contribution in [0.1, 0.15) is 15.9 Å². The Kier molecular flexibility index (Phi) is 6.16. The largest absolute Gasteiger partial charge is 0.380 e. The lowest BCUT2D eigenvalue weighted by Gasteiger charge is -2.34. The Hall–Kier alpha value is -1.93. The third kappa shape index (κ3) is 4.32. The zero-order valence-electron chi connectivity index (χ0n) is 15.0. The van der Waals surface area contributed by atoms with Gasteiger partial charge in [-0.2, -0.15) is 4.31 Å². The maximum absolute atomic E-state index is 12.8. The van der Waals surface area contributed by atoms with Crippen molar-refractivity contribution in [2.24, 2.45) is 0 Å². The number of ether oxygens (including phenoxy) is 1. The number of hydrogen-bond acceptors (Lipinski definition) is 4. The van der Waals surface area contributed by atoms with Crippen molar-refractivity contribution in [3.63, 3.8) is 0 Å². The summed E-state index contributed by atoms with van der Waals surface area (Å²) in [5, 5.41) is 0.200.